The Morgan fingerprint density at radius 3 is 2.52 bits per heavy atom. The van der Waals surface area contributed by atoms with E-state index >= 15 is 0 Å². The maximum atomic E-state index is 12.8. The number of unbranched alkanes of at least 4 members (excludes halogenated alkanes) is 2. The number of benzene rings is 2. The molecule has 5 nitrogen and oxygen atoms in total. The van der Waals surface area contributed by atoms with Crippen LogP contribution >= 0.6 is 11.6 Å². The lowest BCUT2D eigenvalue weighted by Gasteiger charge is -2.11. The second-order valence-electron chi connectivity index (χ2n) is 6.59. The topological polar surface area (TPSA) is 83.5 Å². The van der Waals surface area contributed by atoms with Gasteiger partial charge in [-0.2, -0.15) is 0 Å². The summed E-state index contributed by atoms with van der Waals surface area (Å²) >= 11 is 6.00. The lowest BCUT2D eigenvalue weighted by atomic mass is 10.1. The van der Waals surface area contributed by atoms with Gasteiger partial charge in [-0.25, -0.2) is 8.42 Å². The molecule has 0 saturated carbocycles. The minimum atomic E-state index is -3.79. The summed E-state index contributed by atoms with van der Waals surface area (Å²) in [6.07, 6.45) is 4.37. The molecule has 0 amide bonds. The Hall–Kier alpha value is -2.49. The molecule has 29 heavy (non-hydrogen) atoms. The molecule has 0 aliphatic carbocycles. The van der Waals surface area contributed by atoms with Crippen LogP contribution in [0, 0.1) is 11.8 Å². The zero-order valence-electron chi connectivity index (χ0n) is 16.2. The van der Waals surface area contributed by atoms with Crippen LogP contribution in [0.25, 0.3) is 0 Å². The van der Waals surface area contributed by atoms with E-state index in [0.29, 0.717) is 16.3 Å². The highest BCUT2D eigenvalue weighted by Crippen LogP contribution is 2.23. The molecule has 0 fully saturated rings. The molecule has 0 radical (unpaired) electrons. The maximum absolute atomic E-state index is 12.8. The summed E-state index contributed by atoms with van der Waals surface area (Å²) in [5, 5.41) is 9.10. The van der Waals surface area contributed by atoms with Crippen molar-refractivity contribution in [3.8, 4) is 11.8 Å². The average molecular weight is 434 g/mol. The number of hydrogen-bond acceptors (Lipinski definition) is 3. The third kappa shape index (κ3) is 7.45. The predicted molar refractivity (Wildman–Crippen MR) is 116 cm³/mol. The van der Waals surface area contributed by atoms with Crippen LogP contribution in [0.3, 0.4) is 0 Å². The van der Waals surface area contributed by atoms with Gasteiger partial charge in [-0.05, 0) is 48.7 Å². The van der Waals surface area contributed by atoms with Crippen LogP contribution in [0.4, 0.5) is 5.69 Å². The number of rotatable bonds is 9. The Kier molecular flexibility index (Phi) is 8.56. The van der Waals surface area contributed by atoms with Crippen LogP contribution in [0.1, 0.15) is 50.2 Å². The molecule has 0 heterocycles. The second kappa shape index (κ2) is 10.9. The Morgan fingerprint density at radius 2 is 1.86 bits per heavy atom. The van der Waals surface area contributed by atoms with Crippen molar-refractivity contribution < 1.29 is 18.3 Å². The van der Waals surface area contributed by atoms with Gasteiger partial charge in [0.05, 0.1) is 22.6 Å². The van der Waals surface area contributed by atoms with E-state index in [2.05, 4.69) is 23.5 Å². The van der Waals surface area contributed by atoms with E-state index in [1.807, 2.05) is 12.1 Å². The zero-order valence-corrected chi connectivity index (χ0v) is 17.8. The highest BCUT2D eigenvalue weighted by atomic mass is 35.5. The third-order valence-electron chi connectivity index (χ3n) is 4.22. The average Bonchev–Trinajstić information content (AvgIpc) is 2.67. The van der Waals surface area contributed by atoms with Gasteiger partial charge in [0.2, 0.25) is 0 Å². The van der Waals surface area contributed by atoms with Gasteiger partial charge in [-0.15, -0.1) is 0 Å². The van der Waals surface area contributed by atoms with Crippen molar-refractivity contribution in [1.82, 2.24) is 0 Å². The summed E-state index contributed by atoms with van der Waals surface area (Å²) < 4.78 is 28.1. The number of nitrogens with one attached hydrogen (secondary N) is 1. The standard InChI is InChI=1S/C22H24ClNO4S/c1-2-3-4-7-17-10-13-20(14-11-17)29(27,28)24-21-15-12-19(23)16-18(21)8-5-6-9-22(25)26/h10-16,24H,2-4,6-7,9H2,1H3,(H,25,26). The summed E-state index contributed by atoms with van der Waals surface area (Å²) in [6.45, 7) is 2.14. The molecule has 0 saturated heterocycles. The molecule has 0 atom stereocenters. The van der Waals surface area contributed by atoms with Crippen molar-refractivity contribution in [3.05, 3.63) is 58.6 Å². The smallest absolute Gasteiger partial charge is 0.304 e. The number of carboxylic acid groups (broad SMARTS) is 1. The van der Waals surface area contributed by atoms with Crippen molar-refractivity contribution in [2.45, 2.75) is 50.3 Å². The number of aliphatic carboxylic acids is 1. The highest BCUT2D eigenvalue weighted by molar-refractivity contribution is 7.92. The molecule has 0 spiro atoms. The molecule has 0 bridgehead atoms. The van der Waals surface area contributed by atoms with Gasteiger partial charge in [-0.1, -0.05) is 55.3 Å². The largest absolute Gasteiger partial charge is 0.481 e. The fourth-order valence-electron chi connectivity index (χ4n) is 2.65. The first kappa shape index (κ1) is 22.8. The lowest BCUT2D eigenvalue weighted by molar-refractivity contribution is -0.136. The van der Waals surface area contributed by atoms with Crippen LogP contribution in [-0.4, -0.2) is 19.5 Å². The van der Waals surface area contributed by atoms with Gasteiger partial charge in [-0.3, -0.25) is 9.52 Å². The number of anilines is 1. The van der Waals surface area contributed by atoms with Gasteiger partial charge in [0.15, 0.2) is 0 Å². The summed E-state index contributed by atoms with van der Waals surface area (Å²) in [4.78, 5) is 10.8. The van der Waals surface area contributed by atoms with E-state index in [0.717, 1.165) is 31.2 Å². The summed E-state index contributed by atoms with van der Waals surface area (Å²) in [6, 6.07) is 11.5. The number of carboxylic acids is 1. The lowest BCUT2D eigenvalue weighted by Crippen LogP contribution is -2.14. The van der Waals surface area contributed by atoms with Crippen molar-refractivity contribution in [3.63, 3.8) is 0 Å². The normalized spacial score (nSPS) is 10.8. The molecular formula is C22H24ClNO4S. The van der Waals surface area contributed by atoms with E-state index in [-0.39, 0.29) is 17.7 Å². The summed E-state index contributed by atoms with van der Waals surface area (Å²) in [7, 11) is -3.79. The van der Waals surface area contributed by atoms with E-state index in [1.165, 1.54) is 0 Å². The number of carbonyl (C=O) groups is 1. The fourth-order valence-corrected chi connectivity index (χ4v) is 3.91. The fraction of sp³-hybridized carbons (Fsp3) is 0.318. The van der Waals surface area contributed by atoms with Gasteiger partial charge < -0.3 is 5.11 Å². The molecular weight excluding hydrogens is 410 g/mol. The van der Waals surface area contributed by atoms with Crippen LogP contribution < -0.4 is 4.72 Å². The molecule has 0 aliphatic heterocycles. The molecule has 0 unspecified atom stereocenters. The Morgan fingerprint density at radius 1 is 1.14 bits per heavy atom. The Bertz CT molecular complexity index is 1010. The summed E-state index contributed by atoms with van der Waals surface area (Å²) in [5.41, 5.74) is 1.79. The first-order chi connectivity index (χ1) is 13.8. The first-order valence-corrected chi connectivity index (χ1v) is 11.3. The van der Waals surface area contributed by atoms with Crippen LogP contribution in [0.2, 0.25) is 5.02 Å². The molecule has 154 valence electrons. The number of hydrogen-bond donors (Lipinski definition) is 2. The minimum absolute atomic E-state index is 0.0841. The van der Waals surface area contributed by atoms with Gasteiger partial charge in [0, 0.05) is 11.4 Å². The van der Waals surface area contributed by atoms with Gasteiger partial charge >= 0.3 is 5.97 Å². The van der Waals surface area contributed by atoms with Gasteiger partial charge in [0.1, 0.15) is 0 Å². The van der Waals surface area contributed by atoms with Crippen molar-refractivity contribution >= 4 is 33.3 Å². The SMILES string of the molecule is CCCCCc1ccc(S(=O)(=O)Nc2ccc(Cl)cc2C#CCCC(=O)O)cc1. The van der Waals surface area contributed by atoms with Crippen LogP contribution in [-0.2, 0) is 21.2 Å². The van der Waals surface area contributed by atoms with E-state index in [1.54, 1.807) is 30.3 Å². The van der Waals surface area contributed by atoms with Crippen LogP contribution in [0.5, 0.6) is 0 Å². The first-order valence-electron chi connectivity index (χ1n) is 9.44. The van der Waals surface area contributed by atoms with Crippen molar-refractivity contribution in [2.24, 2.45) is 0 Å². The number of halogens is 1. The highest BCUT2D eigenvalue weighted by Gasteiger charge is 2.16. The summed E-state index contributed by atoms with van der Waals surface area (Å²) in [5.74, 6) is 4.59. The molecule has 2 N–H and O–H groups in total. The van der Waals surface area contributed by atoms with E-state index in [9.17, 15) is 13.2 Å². The minimum Gasteiger partial charge on any atom is -0.481 e. The molecule has 0 aliphatic rings. The van der Waals surface area contributed by atoms with E-state index < -0.39 is 16.0 Å². The monoisotopic (exact) mass is 433 g/mol. The quantitative estimate of drug-likeness (QED) is 0.426. The maximum Gasteiger partial charge on any atom is 0.304 e. The zero-order chi connectivity index (χ0) is 21.3. The molecule has 2 aromatic rings. The number of aryl methyl sites for hydroxylation is 1. The third-order valence-corrected chi connectivity index (χ3v) is 5.83. The molecule has 0 aromatic heterocycles. The Labute approximate surface area is 177 Å². The van der Waals surface area contributed by atoms with Crippen LogP contribution in [0.15, 0.2) is 47.4 Å². The number of sulfonamides is 1. The Balaban J connectivity index is 2.18. The van der Waals surface area contributed by atoms with Gasteiger partial charge in [0.25, 0.3) is 10.0 Å². The molecule has 2 rings (SSSR count). The predicted octanol–water partition coefficient (Wildman–Crippen LogP) is 5.09. The van der Waals surface area contributed by atoms with Crippen molar-refractivity contribution in [1.29, 1.82) is 0 Å². The molecule has 2 aromatic carbocycles. The van der Waals surface area contributed by atoms with E-state index in [4.69, 9.17) is 16.7 Å². The second-order valence-corrected chi connectivity index (χ2v) is 8.71. The molecule has 7 heteroatoms. The van der Waals surface area contributed by atoms with Crippen molar-refractivity contribution in [2.75, 3.05) is 4.72 Å².